The minimum atomic E-state index is -3.85. The molecule has 25 heavy (non-hydrogen) atoms. The molecule has 0 aliphatic rings. The average Bonchev–Trinajstić information content (AvgIpc) is 3.00. The lowest BCUT2D eigenvalue weighted by molar-refractivity contribution is -0.142. The number of carbonyl (C=O) groups is 1. The summed E-state index contributed by atoms with van der Waals surface area (Å²) >= 11 is 1.11. The van der Waals surface area contributed by atoms with Gasteiger partial charge in [0.2, 0.25) is 0 Å². The summed E-state index contributed by atoms with van der Waals surface area (Å²) < 4.78 is 32.6. The fraction of sp³-hybridized carbons (Fsp3) is 0.188. The zero-order valence-electron chi connectivity index (χ0n) is 13.3. The molecular formula is C16H15N3O4S2. The highest BCUT2D eigenvalue weighted by Gasteiger charge is 2.20. The van der Waals surface area contributed by atoms with E-state index in [0.717, 1.165) is 16.7 Å². The Morgan fingerprint density at radius 3 is 2.88 bits per heavy atom. The second-order valence-electron chi connectivity index (χ2n) is 5.06. The van der Waals surface area contributed by atoms with E-state index in [1.807, 2.05) is 0 Å². The highest BCUT2D eigenvalue weighted by molar-refractivity contribution is 7.93. The Hall–Kier alpha value is -2.52. The lowest BCUT2D eigenvalue weighted by atomic mass is 10.2. The van der Waals surface area contributed by atoms with Crippen molar-refractivity contribution in [2.75, 3.05) is 11.3 Å². The monoisotopic (exact) mass is 377 g/mol. The predicted molar refractivity (Wildman–Crippen MR) is 95.0 cm³/mol. The molecule has 3 rings (SSSR count). The Morgan fingerprint density at radius 2 is 2.08 bits per heavy atom. The van der Waals surface area contributed by atoms with Crippen LogP contribution in [0.2, 0.25) is 0 Å². The van der Waals surface area contributed by atoms with Gasteiger partial charge in [-0.05, 0) is 19.1 Å². The second-order valence-corrected chi connectivity index (χ2v) is 7.57. The molecule has 0 saturated heterocycles. The first-order chi connectivity index (χ1) is 12.0. The maximum atomic E-state index is 12.7. The quantitative estimate of drug-likeness (QED) is 0.663. The van der Waals surface area contributed by atoms with E-state index in [-0.39, 0.29) is 23.1 Å². The van der Waals surface area contributed by atoms with E-state index >= 15 is 0 Å². The molecular weight excluding hydrogens is 362 g/mol. The fourth-order valence-electron chi connectivity index (χ4n) is 2.26. The summed E-state index contributed by atoms with van der Waals surface area (Å²) in [5, 5.41) is 2.54. The highest BCUT2D eigenvalue weighted by atomic mass is 32.2. The van der Waals surface area contributed by atoms with Crippen LogP contribution in [0.4, 0.5) is 5.13 Å². The van der Waals surface area contributed by atoms with E-state index in [1.165, 1.54) is 6.07 Å². The minimum Gasteiger partial charge on any atom is -0.466 e. The maximum Gasteiger partial charge on any atom is 0.311 e. The molecule has 9 heteroatoms. The summed E-state index contributed by atoms with van der Waals surface area (Å²) in [6.07, 6.45) is 1.55. The van der Waals surface area contributed by atoms with Crippen LogP contribution in [-0.2, 0) is 26.0 Å². The van der Waals surface area contributed by atoms with Crippen LogP contribution in [0.15, 0.2) is 46.8 Å². The minimum absolute atomic E-state index is 0.00188. The molecule has 0 fully saturated rings. The number of thiazole rings is 1. The van der Waals surface area contributed by atoms with Crippen molar-refractivity contribution < 1.29 is 17.9 Å². The summed E-state index contributed by atoms with van der Waals surface area (Å²) in [6.45, 7) is 2.01. The van der Waals surface area contributed by atoms with Crippen LogP contribution in [0, 0.1) is 0 Å². The summed E-state index contributed by atoms with van der Waals surface area (Å²) in [5.41, 5.74) is 0.845. The molecule has 0 amide bonds. The average molecular weight is 377 g/mol. The number of sulfonamides is 1. The van der Waals surface area contributed by atoms with Crippen molar-refractivity contribution in [2.45, 2.75) is 18.2 Å². The van der Waals surface area contributed by atoms with Gasteiger partial charge in [0.15, 0.2) is 5.13 Å². The number of hydrogen-bond donors (Lipinski definition) is 1. The van der Waals surface area contributed by atoms with Crippen LogP contribution in [-0.4, -0.2) is 31.0 Å². The number of rotatable bonds is 6. The number of carbonyl (C=O) groups excluding carboxylic acids is 1. The van der Waals surface area contributed by atoms with Crippen LogP contribution in [0.5, 0.6) is 0 Å². The number of hydrogen-bond acceptors (Lipinski definition) is 7. The van der Waals surface area contributed by atoms with Crippen LogP contribution in [0.25, 0.3) is 10.9 Å². The molecule has 0 bridgehead atoms. The van der Waals surface area contributed by atoms with Gasteiger partial charge in [0, 0.05) is 17.0 Å². The Morgan fingerprint density at radius 1 is 1.28 bits per heavy atom. The first kappa shape index (κ1) is 17.3. The molecule has 1 N–H and O–H groups in total. The van der Waals surface area contributed by atoms with Gasteiger partial charge in [0.1, 0.15) is 4.90 Å². The van der Waals surface area contributed by atoms with Gasteiger partial charge in [-0.1, -0.05) is 18.2 Å². The van der Waals surface area contributed by atoms with Crippen molar-refractivity contribution in [1.29, 1.82) is 0 Å². The first-order valence-electron chi connectivity index (χ1n) is 7.46. The molecule has 0 aliphatic carbocycles. The number of ether oxygens (including phenoxy) is 1. The molecule has 0 saturated carbocycles. The zero-order chi connectivity index (χ0) is 17.9. The summed E-state index contributed by atoms with van der Waals surface area (Å²) in [7, 11) is -3.85. The van der Waals surface area contributed by atoms with Crippen molar-refractivity contribution in [3.63, 3.8) is 0 Å². The van der Waals surface area contributed by atoms with Crippen molar-refractivity contribution in [3.8, 4) is 0 Å². The molecule has 1 aromatic carbocycles. The molecule has 7 nitrogen and oxygen atoms in total. The molecule has 0 aliphatic heterocycles. The molecule has 2 heterocycles. The van der Waals surface area contributed by atoms with Crippen molar-refractivity contribution in [1.82, 2.24) is 9.97 Å². The largest absolute Gasteiger partial charge is 0.466 e. The van der Waals surface area contributed by atoms with Gasteiger partial charge in [-0.2, -0.15) is 0 Å². The van der Waals surface area contributed by atoms with Gasteiger partial charge in [-0.3, -0.25) is 14.5 Å². The zero-order valence-corrected chi connectivity index (χ0v) is 14.9. The molecule has 3 aromatic rings. The topological polar surface area (TPSA) is 98.2 Å². The van der Waals surface area contributed by atoms with E-state index in [1.54, 1.807) is 42.8 Å². The SMILES string of the molecule is CCOC(=O)Cc1csc(NS(=O)(=O)c2cccc3cccnc23)n1. The highest BCUT2D eigenvalue weighted by Crippen LogP contribution is 2.25. The Bertz CT molecular complexity index is 1010. The van der Waals surface area contributed by atoms with E-state index in [0.29, 0.717) is 11.2 Å². The third-order valence-electron chi connectivity index (χ3n) is 3.29. The van der Waals surface area contributed by atoms with Gasteiger partial charge in [-0.15, -0.1) is 11.3 Å². The fourth-order valence-corrected chi connectivity index (χ4v) is 4.40. The number of aromatic nitrogens is 2. The number of benzene rings is 1. The Balaban J connectivity index is 1.84. The van der Waals surface area contributed by atoms with E-state index in [4.69, 9.17) is 4.74 Å². The molecule has 0 radical (unpaired) electrons. The van der Waals surface area contributed by atoms with Gasteiger partial charge in [-0.25, -0.2) is 13.4 Å². The molecule has 0 spiro atoms. The third-order valence-corrected chi connectivity index (χ3v) is 5.60. The van der Waals surface area contributed by atoms with Crippen LogP contribution in [0.1, 0.15) is 12.6 Å². The number of pyridine rings is 1. The van der Waals surface area contributed by atoms with E-state index < -0.39 is 16.0 Å². The molecule has 0 unspecified atom stereocenters. The van der Waals surface area contributed by atoms with Crippen molar-refractivity contribution in [3.05, 3.63) is 47.6 Å². The summed E-state index contributed by atoms with van der Waals surface area (Å²) in [6, 6.07) is 8.48. The standard InChI is InChI=1S/C16H15N3O4S2/c1-2-23-14(20)9-12-10-24-16(18-12)19-25(21,22)13-7-3-5-11-6-4-8-17-15(11)13/h3-8,10H,2,9H2,1H3,(H,18,19). The Labute approximate surface area is 148 Å². The third kappa shape index (κ3) is 3.94. The van der Waals surface area contributed by atoms with Crippen molar-refractivity contribution >= 4 is 43.4 Å². The lowest BCUT2D eigenvalue weighted by Crippen LogP contribution is -2.14. The van der Waals surface area contributed by atoms with Crippen LogP contribution in [0.3, 0.4) is 0 Å². The van der Waals surface area contributed by atoms with Crippen molar-refractivity contribution in [2.24, 2.45) is 0 Å². The van der Waals surface area contributed by atoms with E-state index in [2.05, 4.69) is 14.7 Å². The predicted octanol–water partition coefficient (Wildman–Crippen LogP) is 2.60. The van der Waals surface area contributed by atoms with Gasteiger partial charge < -0.3 is 4.74 Å². The van der Waals surface area contributed by atoms with Gasteiger partial charge in [0.25, 0.3) is 10.0 Å². The van der Waals surface area contributed by atoms with Gasteiger partial charge >= 0.3 is 5.97 Å². The maximum absolute atomic E-state index is 12.7. The second kappa shape index (κ2) is 7.16. The summed E-state index contributed by atoms with van der Waals surface area (Å²) in [4.78, 5) is 19.8. The number of esters is 1. The van der Waals surface area contributed by atoms with E-state index in [9.17, 15) is 13.2 Å². The Kier molecular flexibility index (Phi) is 4.95. The van der Waals surface area contributed by atoms with Crippen LogP contribution < -0.4 is 4.72 Å². The normalized spacial score (nSPS) is 11.4. The smallest absolute Gasteiger partial charge is 0.311 e. The number of fused-ring (bicyclic) bond motifs is 1. The van der Waals surface area contributed by atoms with Crippen LogP contribution >= 0.6 is 11.3 Å². The molecule has 130 valence electrons. The number of anilines is 1. The number of para-hydroxylation sites is 1. The van der Waals surface area contributed by atoms with Gasteiger partial charge in [0.05, 0.1) is 24.2 Å². The number of nitrogens with one attached hydrogen (secondary N) is 1. The molecule has 2 aromatic heterocycles. The number of nitrogens with zero attached hydrogens (tertiary/aromatic N) is 2. The lowest BCUT2D eigenvalue weighted by Gasteiger charge is -2.07. The summed E-state index contributed by atoms with van der Waals surface area (Å²) in [5.74, 6) is -0.402. The first-order valence-corrected chi connectivity index (χ1v) is 9.82. The molecule has 0 atom stereocenters.